The molecule has 1 aliphatic rings. The van der Waals surface area contributed by atoms with E-state index in [2.05, 4.69) is 23.9 Å². The Morgan fingerprint density at radius 2 is 1.94 bits per heavy atom. The molecule has 0 radical (unpaired) electrons. The number of ether oxygens (including phenoxy) is 1. The van der Waals surface area contributed by atoms with Gasteiger partial charge in [0, 0.05) is 39.3 Å². The van der Waals surface area contributed by atoms with Crippen molar-refractivity contribution < 1.29 is 13.2 Å². The van der Waals surface area contributed by atoms with Gasteiger partial charge >= 0.3 is 0 Å². The van der Waals surface area contributed by atoms with Crippen molar-refractivity contribution in [2.45, 2.75) is 20.3 Å². The molecule has 0 atom stereocenters. The summed E-state index contributed by atoms with van der Waals surface area (Å²) in [6, 6.07) is 0. The third-order valence-electron chi connectivity index (χ3n) is 2.79. The predicted molar refractivity (Wildman–Crippen MR) is 71.6 cm³/mol. The molecule has 1 aliphatic heterocycles. The van der Waals surface area contributed by atoms with Crippen LogP contribution in [0.5, 0.6) is 0 Å². The van der Waals surface area contributed by atoms with E-state index in [9.17, 15) is 8.42 Å². The topological polar surface area (TPSA) is 70.7 Å². The maximum atomic E-state index is 11.9. The van der Waals surface area contributed by atoms with E-state index in [1.54, 1.807) is 0 Å². The molecule has 1 rings (SSSR count). The van der Waals surface area contributed by atoms with E-state index in [-0.39, 0.29) is 0 Å². The summed E-state index contributed by atoms with van der Waals surface area (Å²) in [5.41, 5.74) is 0. The van der Waals surface area contributed by atoms with E-state index in [1.807, 2.05) is 0 Å². The van der Waals surface area contributed by atoms with Gasteiger partial charge in [0.05, 0.1) is 6.61 Å². The largest absolute Gasteiger partial charge is 0.380 e. The van der Waals surface area contributed by atoms with Gasteiger partial charge in [0.25, 0.3) is 10.2 Å². The minimum atomic E-state index is -3.32. The molecular formula is C11H25N3O3S. The van der Waals surface area contributed by atoms with Gasteiger partial charge in [-0.1, -0.05) is 13.8 Å². The van der Waals surface area contributed by atoms with Crippen molar-refractivity contribution >= 4 is 10.2 Å². The van der Waals surface area contributed by atoms with Crippen LogP contribution in [-0.2, 0) is 14.9 Å². The summed E-state index contributed by atoms with van der Waals surface area (Å²) in [6.45, 7) is 8.22. The van der Waals surface area contributed by atoms with Gasteiger partial charge in [0.1, 0.15) is 0 Å². The van der Waals surface area contributed by atoms with Crippen LogP contribution in [0.4, 0.5) is 0 Å². The number of hydrogen-bond acceptors (Lipinski definition) is 4. The van der Waals surface area contributed by atoms with Gasteiger partial charge in [-0.05, 0) is 12.3 Å². The molecular weight excluding hydrogens is 254 g/mol. The molecule has 1 heterocycles. The minimum absolute atomic E-state index is 0.338. The highest BCUT2D eigenvalue weighted by Gasteiger charge is 2.22. The zero-order chi connectivity index (χ0) is 13.4. The molecule has 0 amide bonds. The first-order chi connectivity index (χ1) is 8.52. The van der Waals surface area contributed by atoms with Crippen LogP contribution in [0.1, 0.15) is 20.3 Å². The maximum Gasteiger partial charge on any atom is 0.279 e. The molecule has 108 valence electrons. The molecule has 0 unspecified atom stereocenters. The molecule has 0 aromatic carbocycles. The summed E-state index contributed by atoms with van der Waals surface area (Å²) < 4.78 is 33.1. The minimum Gasteiger partial charge on any atom is -0.380 e. The Morgan fingerprint density at radius 1 is 1.28 bits per heavy atom. The molecule has 0 aliphatic carbocycles. The summed E-state index contributed by atoms with van der Waals surface area (Å²) in [6.07, 6.45) is 1.00. The molecule has 6 nitrogen and oxygen atoms in total. The van der Waals surface area contributed by atoms with Crippen LogP contribution < -0.4 is 10.0 Å². The van der Waals surface area contributed by atoms with Crippen LogP contribution in [0.3, 0.4) is 0 Å². The van der Waals surface area contributed by atoms with Crippen molar-refractivity contribution in [3.8, 4) is 0 Å². The van der Waals surface area contributed by atoms with Gasteiger partial charge in [0.2, 0.25) is 0 Å². The van der Waals surface area contributed by atoms with Gasteiger partial charge in [0.15, 0.2) is 0 Å². The van der Waals surface area contributed by atoms with Gasteiger partial charge in [-0.25, -0.2) is 0 Å². The molecule has 1 saturated heterocycles. The normalized spacial score (nSPS) is 18.4. The lowest BCUT2D eigenvalue weighted by Crippen LogP contribution is -2.50. The zero-order valence-electron chi connectivity index (χ0n) is 11.3. The van der Waals surface area contributed by atoms with Crippen LogP contribution in [-0.4, -0.2) is 58.7 Å². The standard InChI is InChI=1S/C11H25N3O3S/c1-11(2)3-9-17-10-6-13-18(15,16)14-7-4-12-5-8-14/h11-13H,3-10H2,1-2H3. The van der Waals surface area contributed by atoms with Gasteiger partial charge < -0.3 is 10.1 Å². The fourth-order valence-electron chi connectivity index (χ4n) is 1.64. The lowest BCUT2D eigenvalue weighted by atomic mass is 10.1. The number of piperazine rings is 1. The first-order valence-electron chi connectivity index (χ1n) is 6.55. The van der Waals surface area contributed by atoms with Gasteiger partial charge in [-0.15, -0.1) is 0 Å². The summed E-state index contributed by atoms with van der Waals surface area (Å²) in [7, 11) is -3.32. The first-order valence-corrected chi connectivity index (χ1v) is 7.99. The molecule has 0 aromatic rings. The van der Waals surface area contributed by atoms with Crippen LogP contribution in [0.15, 0.2) is 0 Å². The van der Waals surface area contributed by atoms with E-state index in [0.717, 1.165) is 6.42 Å². The molecule has 7 heteroatoms. The molecule has 2 N–H and O–H groups in total. The smallest absolute Gasteiger partial charge is 0.279 e. The molecule has 0 aromatic heterocycles. The Bertz CT molecular complexity index is 313. The molecule has 0 saturated carbocycles. The lowest BCUT2D eigenvalue weighted by Gasteiger charge is -2.26. The molecule has 18 heavy (non-hydrogen) atoms. The number of nitrogens with one attached hydrogen (secondary N) is 2. The third-order valence-corrected chi connectivity index (χ3v) is 4.40. The highest BCUT2D eigenvalue weighted by atomic mass is 32.2. The highest BCUT2D eigenvalue weighted by molar-refractivity contribution is 7.87. The summed E-state index contributed by atoms with van der Waals surface area (Å²) in [5, 5.41) is 3.12. The quantitative estimate of drug-likeness (QED) is 0.603. The van der Waals surface area contributed by atoms with Gasteiger partial charge in [-0.2, -0.15) is 17.4 Å². The van der Waals surface area contributed by atoms with Crippen molar-refractivity contribution in [3.63, 3.8) is 0 Å². The highest BCUT2D eigenvalue weighted by Crippen LogP contribution is 2.00. The monoisotopic (exact) mass is 279 g/mol. The SMILES string of the molecule is CC(C)CCOCCNS(=O)(=O)N1CCNCC1. The number of rotatable bonds is 8. The van der Waals surface area contributed by atoms with E-state index < -0.39 is 10.2 Å². The van der Waals surface area contributed by atoms with Crippen LogP contribution in [0, 0.1) is 5.92 Å². The second-order valence-electron chi connectivity index (χ2n) is 4.84. The summed E-state index contributed by atoms with van der Waals surface area (Å²) in [5.74, 6) is 0.613. The van der Waals surface area contributed by atoms with Crippen molar-refractivity contribution in [2.24, 2.45) is 5.92 Å². The van der Waals surface area contributed by atoms with E-state index in [0.29, 0.717) is 51.9 Å². The second kappa shape index (κ2) is 8.06. The van der Waals surface area contributed by atoms with Crippen LogP contribution in [0.25, 0.3) is 0 Å². The number of hydrogen-bond donors (Lipinski definition) is 2. The van der Waals surface area contributed by atoms with Crippen molar-refractivity contribution in [1.82, 2.24) is 14.3 Å². The van der Waals surface area contributed by atoms with Gasteiger partial charge in [-0.3, -0.25) is 0 Å². The summed E-state index contributed by atoms with van der Waals surface area (Å²) in [4.78, 5) is 0. The average molecular weight is 279 g/mol. The maximum absolute atomic E-state index is 11.9. The van der Waals surface area contributed by atoms with Crippen LogP contribution in [0.2, 0.25) is 0 Å². The van der Waals surface area contributed by atoms with Crippen molar-refractivity contribution in [2.75, 3.05) is 45.9 Å². The lowest BCUT2D eigenvalue weighted by molar-refractivity contribution is 0.128. The van der Waals surface area contributed by atoms with E-state index in [4.69, 9.17) is 4.74 Å². The predicted octanol–water partition coefficient (Wildman–Crippen LogP) is -0.211. The fraction of sp³-hybridized carbons (Fsp3) is 1.00. The van der Waals surface area contributed by atoms with E-state index >= 15 is 0 Å². The van der Waals surface area contributed by atoms with Crippen molar-refractivity contribution in [1.29, 1.82) is 0 Å². The second-order valence-corrected chi connectivity index (χ2v) is 6.60. The van der Waals surface area contributed by atoms with Crippen molar-refractivity contribution in [3.05, 3.63) is 0 Å². The molecule has 1 fully saturated rings. The average Bonchev–Trinajstić information content (AvgIpc) is 2.34. The third kappa shape index (κ3) is 6.10. The Labute approximate surface area is 110 Å². The number of nitrogens with zero attached hydrogens (tertiary/aromatic N) is 1. The summed E-state index contributed by atoms with van der Waals surface area (Å²) >= 11 is 0. The Hall–Kier alpha value is -0.210. The van der Waals surface area contributed by atoms with E-state index in [1.165, 1.54) is 4.31 Å². The first kappa shape index (κ1) is 15.8. The Morgan fingerprint density at radius 3 is 2.56 bits per heavy atom. The Kier molecular flexibility index (Phi) is 7.10. The van der Waals surface area contributed by atoms with Crippen LogP contribution >= 0.6 is 0 Å². The molecule has 0 bridgehead atoms. The zero-order valence-corrected chi connectivity index (χ0v) is 12.1. The Balaban J connectivity index is 2.13. The molecule has 0 spiro atoms. The fourth-order valence-corrected chi connectivity index (χ4v) is 2.83.